The zero-order chi connectivity index (χ0) is 15.7. The summed E-state index contributed by atoms with van der Waals surface area (Å²) in [6.45, 7) is 4.88. The van der Waals surface area contributed by atoms with Gasteiger partial charge in [0.05, 0.1) is 11.3 Å². The molecule has 22 heavy (non-hydrogen) atoms. The van der Waals surface area contributed by atoms with Gasteiger partial charge in [-0.15, -0.1) is 0 Å². The lowest BCUT2D eigenvalue weighted by Gasteiger charge is -2.15. The van der Waals surface area contributed by atoms with Crippen molar-refractivity contribution in [2.75, 3.05) is 11.4 Å². The monoisotopic (exact) mass is 291 g/mol. The summed E-state index contributed by atoms with van der Waals surface area (Å²) in [7, 11) is 0. The highest BCUT2D eigenvalue weighted by atomic mass is 16.4. The first-order chi connectivity index (χ1) is 10.6. The molecule has 0 saturated carbocycles. The summed E-state index contributed by atoms with van der Waals surface area (Å²) in [5, 5.41) is 8.98. The summed E-state index contributed by atoms with van der Waals surface area (Å²) in [5.74, 6) is 2.06. The Morgan fingerprint density at radius 1 is 1.18 bits per heavy atom. The molecule has 0 unspecified atom stereocenters. The second-order valence-electron chi connectivity index (χ2n) is 5.45. The van der Waals surface area contributed by atoms with Crippen molar-refractivity contribution in [2.45, 2.75) is 20.3 Å². The van der Waals surface area contributed by atoms with Crippen molar-refractivity contribution in [1.82, 2.24) is 0 Å². The molecular weight excluding hydrogens is 274 g/mol. The van der Waals surface area contributed by atoms with Gasteiger partial charge in [0.1, 0.15) is 0 Å². The Morgan fingerprint density at radius 3 is 2.55 bits per heavy atom. The van der Waals surface area contributed by atoms with Crippen LogP contribution in [0.25, 0.3) is 11.1 Å². The van der Waals surface area contributed by atoms with Crippen LogP contribution in [0.3, 0.4) is 0 Å². The van der Waals surface area contributed by atoms with Crippen LogP contribution in [-0.2, 0) is 6.42 Å². The zero-order valence-corrected chi connectivity index (χ0v) is 12.7. The van der Waals surface area contributed by atoms with Crippen molar-refractivity contribution in [1.29, 1.82) is 0 Å². The summed E-state index contributed by atoms with van der Waals surface area (Å²) in [5.41, 5.74) is 6.21. The van der Waals surface area contributed by atoms with Gasteiger partial charge < -0.3 is 10.0 Å². The van der Waals surface area contributed by atoms with Gasteiger partial charge in [0.25, 0.3) is 0 Å². The van der Waals surface area contributed by atoms with Crippen molar-refractivity contribution in [3.05, 3.63) is 53.1 Å². The van der Waals surface area contributed by atoms with E-state index in [1.54, 1.807) is 12.1 Å². The Morgan fingerprint density at radius 2 is 1.91 bits per heavy atom. The fourth-order valence-electron chi connectivity index (χ4n) is 2.99. The second kappa shape index (κ2) is 5.57. The van der Waals surface area contributed by atoms with Crippen LogP contribution in [0.4, 0.5) is 5.69 Å². The summed E-state index contributed by atoms with van der Waals surface area (Å²) >= 11 is 0. The molecule has 3 heteroatoms. The Balaban J connectivity index is 2.01. The molecule has 2 aromatic rings. The number of hydrogen-bond acceptors (Lipinski definition) is 2. The Labute approximate surface area is 130 Å². The first-order valence-electron chi connectivity index (χ1n) is 7.27. The van der Waals surface area contributed by atoms with Crippen LogP contribution in [0.15, 0.2) is 36.4 Å². The first kappa shape index (κ1) is 14.2. The third-order valence-corrected chi connectivity index (χ3v) is 3.97. The van der Waals surface area contributed by atoms with Gasteiger partial charge >= 0.3 is 5.97 Å². The van der Waals surface area contributed by atoms with E-state index in [2.05, 4.69) is 35.9 Å². The van der Waals surface area contributed by atoms with E-state index >= 15 is 0 Å². The molecule has 0 spiro atoms. The van der Waals surface area contributed by atoms with E-state index in [1.807, 2.05) is 19.1 Å². The fraction of sp³-hybridized carbons (Fsp3) is 0.211. The molecule has 0 saturated heterocycles. The number of aromatic carboxylic acids is 1. The van der Waals surface area contributed by atoms with E-state index in [0.29, 0.717) is 5.56 Å². The Hall–Kier alpha value is -2.73. The number of anilines is 1. The van der Waals surface area contributed by atoms with E-state index < -0.39 is 5.97 Å². The van der Waals surface area contributed by atoms with Crippen LogP contribution in [0.5, 0.6) is 0 Å². The molecule has 0 atom stereocenters. The van der Waals surface area contributed by atoms with Crippen molar-refractivity contribution in [3.63, 3.8) is 0 Å². The molecule has 0 aromatic heterocycles. The summed E-state index contributed by atoms with van der Waals surface area (Å²) in [6, 6.07) is 14.5. The minimum Gasteiger partial charge on any atom is -0.478 e. The smallest absolute Gasteiger partial charge is 0.335 e. The molecule has 0 fully saturated rings. The second-order valence-corrected chi connectivity index (χ2v) is 5.45. The summed E-state index contributed by atoms with van der Waals surface area (Å²) in [6.07, 6.45) is 0.992. The van der Waals surface area contributed by atoms with Crippen molar-refractivity contribution in [3.8, 4) is 23.1 Å². The third-order valence-electron chi connectivity index (χ3n) is 3.97. The lowest BCUT2D eigenvalue weighted by Crippen LogP contribution is -2.13. The van der Waals surface area contributed by atoms with E-state index in [0.717, 1.165) is 24.1 Å². The number of nitrogens with zero attached hydrogens (tertiary/aromatic N) is 1. The molecule has 1 aliphatic rings. The van der Waals surface area contributed by atoms with Crippen LogP contribution in [0.2, 0.25) is 0 Å². The first-order valence-corrected chi connectivity index (χ1v) is 7.27. The van der Waals surface area contributed by atoms with Gasteiger partial charge in [-0.2, -0.15) is 0 Å². The molecule has 1 aliphatic heterocycles. The molecule has 0 amide bonds. The number of hydrogen-bond donors (Lipinski definition) is 1. The van der Waals surface area contributed by atoms with Crippen LogP contribution in [0, 0.1) is 18.9 Å². The molecule has 2 aromatic carbocycles. The predicted molar refractivity (Wildman–Crippen MR) is 88.1 cm³/mol. The highest BCUT2D eigenvalue weighted by Gasteiger charge is 2.21. The number of aryl methyl sites for hydroxylation is 1. The lowest BCUT2D eigenvalue weighted by molar-refractivity contribution is 0.0697. The van der Waals surface area contributed by atoms with Gasteiger partial charge in [-0.3, -0.25) is 0 Å². The van der Waals surface area contributed by atoms with Gasteiger partial charge in [0, 0.05) is 12.6 Å². The van der Waals surface area contributed by atoms with E-state index in [9.17, 15) is 4.79 Å². The predicted octanol–water partition coefficient (Wildman–Crippen LogP) is 3.70. The number of carbonyl (C=O) groups is 1. The highest BCUT2D eigenvalue weighted by Crippen LogP contribution is 2.35. The molecule has 0 aliphatic carbocycles. The normalized spacial score (nSPS) is 12.5. The van der Waals surface area contributed by atoms with Crippen molar-refractivity contribution >= 4 is 11.7 Å². The van der Waals surface area contributed by atoms with E-state index in [4.69, 9.17) is 5.11 Å². The molecule has 0 radical (unpaired) electrons. The van der Waals surface area contributed by atoms with E-state index in [1.165, 1.54) is 16.8 Å². The fourth-order valence-corrected chi connectivity index (χ4v) is 2.99. The SMILES string of the molecule is CC#CN1CCc2cc(-c3ccc(C(=O)O)cc3)cc(C)c21. The van der Waals surface area contributed by atoms with Gasteiger partial charge in [-0.1, -0.05) is 18.1 Å². The minimum absolute atomic E-state index is 0.311. The van der Waals surface area contributed by atoms with Crippen LogP contribution in [-0.4, -0.2) is 17.6 Å². The maximum absolute atomic E-state index is 10.9. The standard InChI is InChI=1S/C19H17NO2/c1-3-9-20-10-8-16-12-17(11-13(2)18(16)20)14-4-6-15(7-5-14)19(21)22/h4-7,11-12H,8,10H2,1-2H3,(H,21,22). The molecule has 1 heterocycles. The maximum Gasteiger partial charge on any atom is 0.335 e. The van der Waals surface area contributed by atoms with Crippen molar-refractivity contribution in [2.24, 2.45) is 0 Å². The van der Waals surface area contributed by atoms with Crippen molar-refractivity contribution < 1.29 is 9.90 Å². The van der Waals surface area contributed by atoms with Gasteiger partial charge in [-0.25, -0.2) is 4.79 Å². The largest absolute Gasteiger partial charge is 0.478 e. The topological polar surface area (TPSA) is 40.5 Å². The highest BCUT2D eigenvalue weighted by molar-refractivity contribution is 5.88. The van der Waals surface area contributed by atoms with Gasteiger partial charge in [0.2, 0.25) is 0 Å². The lowest BCUT2D eigenvalue weighted by atomic mass is 9.97. The number of carboxylic acid groups (broad SMARTS) is 1. The number of benzene rings is 2. The summed E-state index contributed by atoms with van der Waals surface area (Å²) < 4.78 is 0. The average molecular weight is 291 g/mol. The molecule has 3 nitrogen and oxygen atoms in total. The number of rotatable bonds is 2. The average Bonchev–Trinajstić information content (AvgIpc) is 2.91. The molecular formula is C19H17NO2. The van der Waals surface area contributed by atoms with Gasteiger partial charge in [0.15, 0.2) is 0 Å². The maximum atomic E-state index is 10.9. The molecule has 0 bridgehead atoms. The van der Waals surface area contributed by atoms with E-state index in [-0.39, 0.29) is 0 Å². The van der Waals surface area contributed by atoms with Crippen LogP contribution < -0.4 is 4.90 Å². The molecule has 1 N–H and O–H groups in total. The van der Waals surface area contributed by atoms with Crippen LogP contribution in [0.1, 0.15) is 28.4 Å². The molecule has 110 valence electrons. The minimum atomic E-state index is -0.898. The third kappa shape index (κ3) is 2.44. The van der Waals surface area contributed by atoms with Gasteiger partial charge in [-0.05, 0) is 66.8 Å². The molecule has 3 rings (SSSR count). The number of fused-ring (bicyclic) bond motifs is 1. The van der Waals surface area contributed by atoms with Crippen LogP contribution >= 0.6 is 0 Å². The Kier molecular flexibility index (Phi) is 3.60. The Bertz CT molecular complexity index is 795. The quantitative estimate of drug-likeness (QED) is 0.858. The zero-order valence-electron chi connectivity index (χ0n) is 12.7. The summed E-state index contributed by atoms with van der Waals surface area (Å²) in [4.78, 5) is 13.0. The number of carboxylic acids is 1.